The smallest absolute Gasteiger partial charge is 0.181 e. The largest absolute Gasteiger partial charge is 0.293 e. The fourth-order valence-electron chi connectivity index (χ4n) is 2.98. The molecule has 1 aliphatic carbocycles. The fourth-order valence-corrected chi connectivity index (χ4v) is 4.01. The number of carbonyl (C=O) groups is 1. The van der Waals surface area contributed by atoms with Crippen molar-refractivity contribution >= 4 is 27.2 Å². The molecule has 0 saturated carbocycles. The van der Waals surface area contributed by atoms with E-state index in [1.807, 2.05) is 12.1 Å². The highest BCUT2D eigenvalue weighted by Gasteiger charge is 2.31. The van der Waals surface area contributed by atoms with E-state index in [0.29, 0.717) is 4.88 Å². The van der Waals surface area contributed by atoms with Gasteiger partial charge in [0.15, 0.2) is 5.78 Å². The summed E-state index contributed by atoms with van der Waals surface area (Å²) in [4.78, 5) is 17.8. The molecule has 4 rings (SSSR count). The molecule has 0 amide bonds. The van der Waals surface area contributed by atoms with E-state index >= 15 is 0 Å². The van der Waals surface area contributed by atoms with E-state index in [2.05, 4.69) is 4.98 Å². The van der Waals surface area contributed by atoms with Gasteiger partial charge in [0.2, 0.25) is 0 Å². The maximum atomic E-state index is 13.3. The maximum Gasteiger partial charge on any atom is 0.181 e. The second kappa shape index (κ2) is 4.74. The number of halogens is 1. The van der Waals surface area contributed by atoms with Crippen molar-refractivity contribution in [2.24, 2.45) is 0 Å². The molecule has 1 unspecified atom stereocenters. The molecule has 0 aliphatic heterocycles. The molecule has 4 heteroatoms. The third-order valence-corrected chi connectivity index (χ3v) is 5.13. The molecule has 104 valence electrons. The third-order valence-electron chi connectivity index (χ3n) is 4.00. The van der Waals surface area contributed by atoms with E-state index in [1.54, 1.807) is 18.3 Å². The Hall–Kier alpha value is -2.07. The number of hydrogen-bond donors (Lipinski definition) is 0. The van der Waals surface area contributed by atoms with Crippen molar-refractivity contribution in [3.05, 3.63) is 64.5 Å². The summed E-state index contributed by atoms with van der Waals surface area (Å²) in [5.74, 6) is -0.319. The van der Waals surface area contributed by atoms with Crippen molar-refractivity contribution in [3.8, 4) is 0 Å². The SMILES string of the molecule is O=C(c1cc2cc(F)ccc2s1)C1CCc2cccnc21. The van der Waals surface area contributed by atoms with E-state index in [4.69, 9.17) is 0 Å². The molecule has 2 aromatic heterocycles. The number of thiophene rings is 1. The summed E-state index contributed by atoms with van der Waals surface area (Å²) >= 11 is 1.43. The van der Waals surface area contributed by atoms with E-state index in [0.717, 1.165) is 28.6 Å². The highest BCUT2D eigenvalue weighted by atomic mass is 32.1. The van der Waals surface area contributed by atoms with E-state index in [-0.39, 0.29) is 17.5 Å². The fraction of sp³-hybridized carbons (Fsp3) is 0.176. The minimum absolute atomic E-state index is 0.106. The van der Waals surface area contributed by atoms with Gasteiger partial charge in [0.05, 0.1) is 16.5 Å². The van der Waals surface area contributed by atoms with Gasteiger partial charge in [0, 0.05) is 10.9 Å². The average Bonchev–Trinajstić information content (AvgIpc) is 3.09. The highest BCUT2D eigenvalue weighted by molar-refractivity contribution is 7.20. The molecule has 0 spiro atoms. The number of rotatable bonds is 2. The molecule has 0 bridgehead atoms. The molecule has 0 radical (unpaired) electrons. The summed E-state index contributed by atoms with van der Waals surface area (Å²) in [5.41, 5.74) is 2.08. The van der Waals surface area contributed by atoms with Crippen molar-refractivity contribution in [1.29, 1.82) is 0 Å². The van der Waals surface area contributed by atoms with Crippen molar-refractivity contribution in [2.75, 3.05) is 0 Å². The van der Waals surface area contributed by atoms with Gasteiger partial charge in [-0.1, -0.05) is 6.07 Å². The van der Waals surface area contributed by atoms with Crippen LogP contribution in [0.4, 0.5) is 4.39 Å². The Morgan fingerprint density at radius 2 is 2.19 bits per heavy atom. The number of aromatic nitrogens is 1. The van der Waals surface area contributed by atoms with Crippen molar-refractivity contribution < 1.29 is 9.18 Å². The molecule has 3 aromatic rings. The number of hydrogen-bond acceptors (Lipinski definition) is 3. The van der Waals surface area contributed by atoms with E-state index in [9.17, 15) is 9.18 Å². The number of benzene rings is 1. The first-order valence-electron chi connectivity index (χ1n) is 6.89. The van der Waals surface area contributed by atoms with Crippen molar-refractivity contribution in [1.82, 2.24) is 4.98 Å². The van der Waals surface area contributed by atoms with E-state index < -0.39 is 0 Å². The Morgan fingerprint density at radius 3 is 3.10 bits per heavy atom. The molecule has 1 aromatic carbocycles. The molecule has 0 saturated heterocycles. The molecule has 0 N–H and O–H groups in total. The van der Waals surface area contributed by atoms with Gasteiger partial charge >= 0.3 is 0 Å². The topological polar surface area (TPSA) is 30.0 Å². The molecule has 2 nitrogen and oxygen atoms in total. The second-order valence-corrected chi connectivity index (χ2v) is 6.38. The summed E-state index contributed by atoms with van der Waals surface area (Å²) in [5, 5.41) is 0.794. The van der Waals surface area contributed by atoms with Crippen molar-refractivity contribution in [3.63, 3.8) is 0 Å². The number of Topliss-reactive ketones (excluding diaryl/α,β-unsaturated/α-hetero) is 1. The Morgan fingerprint density at radius 1 is 1.29 bits per heavy atom. The van der Waals surface area contributed by atoms with Crippen LogP contribution < -0.4 is 0 Å². The molecule has 0 fully saturated rings. The number of nitrogens with zero attached hydrogens (tertiary/aromatic N) is 1. The molecule has 1 aliphatic rings. The highest BCUT2D eigenvalue weighted by Crippen LogP contribution is 2.36. The first-order chi connectivity index (χ1) is 10.2. The summed E-state index contributed by atoms with van der Waals surface area (Å²) in [6, 6.07) is 10.4. The summed E-state index contributed by atoms with van der Waals surface area (Å²) in [6.07, 6.45) is 3.46. The normalized spacial score (nSPS) is 17.1. The van der Waals surface area contributed by atoms with Crippen LogP contribution in [0.25, 0.3) is 10.1 Å². The summed E-state index contributed by atoms with van der Waals surface area (Å²) < 4.78 is 14.2. The summed E-state index contributed by atoms with van der Waals surface area (Å²) in [7, 11) is 0. The van der Waals surface area contributed by atoms with Crippen LogP contribution in [0.1, 0.15) is 33.3 Å². The zero-order chi connectivity index (χ0) is 14.4. The number of ketones is 1. The van der Waals surface area contributed by atoms with Gasteiger partial charge in [-0.2, -0.15) is 0 Å². The van der Waals surface area contributed by atoms with Crippen LogP contribution in [0.2, 0.25) is 0 Å². The lowest BCUT2D eigenvalue weighted by Gasteiger charge is -2.07. The molecular weight excluding hydrogens is 285 g/mol. The van der Waals surface area contributed by atoms with Gasteiger partial charge in [-0.25, -0.2) is 4.39 Å². The van der Waals surface area contributed by atoms with Gasteiger partial charge in [0.25, 0.3) is 0 Å². The Labute approximate surface area is 125 Å². The third kappa shape index (κ3) is 2.07. The number of fused-ring (bicyclic) bond motifs is 2. The van der Waals surface area contributed by atoms with Gasteiger partial charge in [-0.05, 0) is 54.1 Å². The first-order valence-corrected chi connectivity index (χ1v) is 7.71. The van der Waals surface area contributed by atoms with Crippen LogP contribution in [0.5, 0.6) is 0 Å². The quantitative estimate of drug-likeness (QED) is 0.658. The predicted octanol–water partition coefficient (Wildman–Crippen LogP) is 4.35. The zero-order valence-electron chi connectivity index (χ0n) is 11.2. The minimum Gasteiger partial charge on any atom is -0.293 e. The van der Waals surface area contributed by atoms with Crippen molar-refractivity contribution in [2.45, 2.75) is 18.8 Å². The van der Waals surface area contributed by atoms with Crippen LogP contribution in [0.15, 0.2) is 42.6 Å². The number of aryl methyl sites for hydroxylation is 1. The predicted molar refractivity (Wildman–Crippen MR) is 81.4 cm³/mol. The molecule has 2 heterocycles. The standard InChI is InChI=1S/C17H12FNOS/c18-12-4-6-14-11(8-12)9-15(21-14)17(20)13-5-3-10-2-1-7-19-16(10)13/h1-2,4,6-9,13H,3,5H2. The second-order valence-electron chi connectivity index (χ2n) is 5.30. The lowest BCUT2D eigenvalue weighted by molar-refractivity contribution is 0.0962. The number of pyridine rings is 1. The van der Waals surface area contributed by atoms with Gasteiger partial charge in [-0.15, -0.1) is 11.3 Å². The van der Waals surface area contributed by atoms with E-state index in [1.165, 1.54) is 29.0 Å². The van der Waals surface area contributed by atoms with Gasteiger partial charge in [-0.3, -0.25) is 9.78 Å². The van der Waals surface area contributed by atoms with Crippen LogP contribution in [-0.2, 0) is 6.42 Å². The molecule has 1 atom stereocenters. The molecular formula is C17H12FNOS. The Balaban J connectivity index is 1.74. The first kappa shape index (κ1) is 12.7. The van der Waals surface area contributed by atoms with Gasteiger partial charge in [0.1, 0.15) is 5.82 Å². The van der Waals surface area contributed by atoms with Gasteiger partial charge < -0.3 is 0 Å². The molecule has 21 heavy (non-hydrogen) atoms. The van der Waals surface area contributed by atoms with Crippen LogP contribution >= 0.6 is 11.3 Å². The average molecular weight is 297 g/mol. The van der Waals surface area contributed by atoms with Crippen LogP contribution in [0, 0.1) is 5.82 Å². The maximum absolute atomic E-state index is 13.3. The lowest BCUT2D eigenvalue weighted by atomic mass is 10.00. The van der Waals surface area contributed by atoms with Crippen LogP contribution in [0.3, 0.4) is 0 Å². The lowest BCUT2D eigenvalue weighted by Crippen LogP contribution is -2.09. The monoisotopic (exact) mass is 297 g/mol. The Kier molecular flexibility index (Phi) is 2.86. The number of carbonyl (C=O) groups excluding carboxylic acids is 1. The van der Waals surface area contributed by atoms with Crippen LogP contribution in [-0.4, -0.2) is 10.8 Å². The minimum atomic E-state index is -0.271. The summed E-state index contributed by atoms with van der Waals surface area (Å²) in [6.45, 7) is 0. The Bertz CT molecular complexity index is 855. The zero-order valence-corrected chi connectivity index (χ0v) is 12.0.